The van der Waals surface area contributed by atoms with Crippen LogP contribution in [0.25, 0.3) is 0 Å². The highest BCUT2D eigenvalue weighted by Gasteiger charge is 2.48. The number of nitrogens with zero attached hydrogens (tertiary/aromatic N) is 1. The molecule has 1 fully saturated rings. The summed E-state index contributed by atoms with van der Waals surface area (Å²) < 4.78 is 39.1. The normalized spacial score (nSPS) is 22.9. The largest absolute Gasteiger partial charge is 0.418 e. The van der Waals surface area contributed by atoms with Crippen molar-refractivity contribution in [3.63, 3.8) is 0 Å². The van der Waals surface area contributed by atoms with Gasteiger partial charge < -0.3 is 10.2 Å². The van der Waals surface area contributed by atoms with Crippen LogP contribution in [0.15, 0.2) is 36.4 Å². The maximum atomic E-state index is 13.0. The van der Waals surface area contributed by atoms with Gasteiger partial charge in [0.2, 0.25) is 11.8 Å². The van der Waals surface area contributed by atoms with Crippen molar-refractivity contribution in [1.82, 2.24) is 4.90 Å². The molecule has 3 rings (SSSR count). The highest BCUT2D eigenvalue weighted by atomic mass is 19.4. The Bertz CT molecular complexity index is 796. The maximum absolute atomic E-state index is 13.0. The Kier molecular flexibility index (Phi) is 5.55. The van der Waals surface area contributed by atoms with E-state index in [1.165, 1.54) is 18.2 Å². The number of carbonyl (C=O) groups is 3. The number of halogens is 3. The molecule has 2 aliphatic rings. The molecule has 3 atom stereocenters. The van der Waals surface area contributed by atoms with Gasteiger partial charge in [0.1, 0.15) is 0 Å². The molecule has 1 aliphatic heterocycles. The number of carbonyl (C=O) groups excluding carboxylic acids is 3. The van der Waals surface area contributed by atoms with Gasteiger partial charge in [0.25, 0.3) is 5.91 Å². The van der Waals surface area contributed by atoms with Crippen LogP contribution in [0.4, 0.5) is 18.9 Å². The molecule has 6 nitrogen and oxygen atoms in total. The molecule has 2 N–H and O–H groups in total. The second-order valence-corrected chi connectivity index (χ2v) is 7.14. The Morgan fingerprint density at radius 1 is 1.14 bits per heavy atom. The molecule has 1 unspecified atom stereocenters. The summed E-state index contributed by atoms with van der Waals surface area (Å²) in [6, 6.07) is 4.72. The molecule has 150 valence electrons. The predicted octanol–water partition coefficient (Wildman–Crippen LogP) is 1.07. The second kappa shape index (κ2) is 7.75. The van der Waals surface area contributed by atoms with Gasteiger partial charge in [0.15, 0.2) is 13.2 Å². The number of hydrogen-bond acceptors (Lipinski definition) is 3. The van der Waals surface area contributed by atoms with E-state index in [-0.39, 0.29) is 42.6 Å². The summed E-state index contributed by atoms with van der Waals surface area (Å²) in [7, 11) is 1.61. The minimum absolute atomic E-state index is 0.000988. The summed E-state index contributed by atoms with van der Waals surface area (Å²) >= 11 is 0. The van der Waals surface area contributed by atoms with E-state index in [9.17, 15) is 27.6 Å². The Morgan fingerprint density at radius 3 is 2.29 bits per heavy atom. The highest BCUT2D eigenvalue weighted by Crippen LogP contribution is 2.35. The van der Waals surface area contributed by atoms with Crippen molar-refractivity contribution in [2.75, 3.05) is 25.6 Å². The van der Waals surface area contributed by atoms with Crippen molar-refractivity contribution in [3.8, 4) is 0 Å². The molecule has 0 aromatic heterocycles. The van der Waals surface area contributed by atoms with E-state index in [0.717, 1.165) is 11.0 Å². The molecule has 1 aromatic carbocycles. The quantitative estimate of drug-likeness (QED) is 0.578. The number of likely N-dealkylation sites (tertiary alicyclic amines) is 1. The van der Waals surface area contributed by atoms with Crippen LogP contribution in [0.2, 0.25) is 0 Å². The van der Waals surface area contributed by atoms with Crippen molar-refractivity contribution in [2.24, 2.45) is 11.8 Å². The molecule has 28 heavy (non-hydrogen) atoms. The van der Waals surface area contributed by atoms with E-state index in [1.807, 2.05) is 12.2 Å². The third-order valence-electron chi connectivity index (χ3n) is 5.00. The number of alkyl halides is 3. The number of anilines is 1. The lowest BCUT2D eigenvalue weighted by Crippen LogP contribution is -3.11. The summed E-state index contributed by atoms with van der Waals surface area (Å²) in [5.41, 5.74) is -1.25. The van der Waals surface area contributed by atoms with Gasteiger partial charge in [-0.05, 0) is 25.0 Å². The van der Waals surface area contributed by atoms with Crippen LogP contribution in [0.5, 0.6) is 0 Å². The fourth-order valence-corrected chi connectivity index (χ4v) is 3.66. The average Bonchev–Trinajstić information content (AvgIpc) is 2.86. The third-order valence-corrected chi connectivity index (χ3v) is 5.00. The lowest BCUT2D eigenvalue weighted by molar-refractivity contribution is -0.878. The summed E-state index contributed by atoms with van der Waals surface area (Å²) in [4.78, 5) is 38.8. The number of benzene rings is 1. The van der Waals surface area contributed by atoms with E-state index in [4.69, 9.17) is 0 Å². The molecule has 0 saturated carbocycles. The Labute approximate surface area is 160 Å². The van der Waals surface area contributed by atoms with Crippen LogP contribution in [0.3, 0.4) is 0 Å². The minimum atomic E-state index is -4.58. The van der Waals surface area contributed by atoms with Gasteiger partial charge in [-0.15, -0.1) is 0 Å². The summed E-state index contributed by atoms with van der Waals surface area (Å²) in [6.07, 6.45) is 0.246. The number of amides is 3. The summed E-state index contributed by atoms with van der Waals surface area (Å²) in [5.74, 6) is -1.83. The minimum Gasteiger partial charge on any atom is -0.321 e. The van der Waals surface area contributed by atoms with Crippen LogP contribution in [0, 0.1) is 11.8 Å². The number of rotatable bonds is 5. The fraction of sp³-hybridized carbons (Fsp3) is 0.421. The molecule has 3 amide bonds. The lowest BCUT2D eigenvalue weighted by atomic mass is 9.85. The van der Waals surface area contributed by atoms with Crippen molar-refractivity contribution in [1.29, 1.82) is 0 Å². The molecule has 0 spiro atoms. The van der Waals surface area contributed by atoms with Gasteiger partial charge >= 0.3 is 6.18 Å². The van der Waals surface area contributed by atoms with Crippen molar-refractivity contribution in [3.05, 3.63) is 42.0 Å². The Balaban J connectivity index is 1.60. The highest BCUT2D eigenvalue weighted by molar-refractivity contribution is 6.05. The molecular formula is C19H21F3N3O3+. The van der Waals surface area contributed by atoms with Gasteiger partial charge in [-0.3, -0.25) is 14.4 Å². The fourth-order valence-electron chi connectivity index (χ4n) is 3.66. The smallest absolute Gasteiger partial charge is 0.321 e. The first-order valence-corrected chi connectivity index (χ1v) is 8.96. The first-order valence-electron chi connectivity index (χ1n) is 8.96. The number of quaternary nitrogens is 1. The zero-order chi connectivity index (χ0) is 20.5. The van der Waals surface area contributed by atoms with Crippen LogP contribution >= 0.6 is 0 Å². The molecule has 1 saturated heterocycles. The van der Waals surface area contributed by atoms with E-state index in [2.05, 4.69) is 5.32 Å². The van der Waals surface area contributed by atoms with E-state index in [1.54, 1.807) is 7.05 Å². The average molecular weight is 396 g/mol. The molecule has 0 radical (unpaired) electrons. The number of allylic oxidation sites excluding steroid dienone is 2. The van der Waals surface area contributed by atoms with E-state index >= 15 is 0 Å². The standard InChI is InChI=1S/C19H20F3N3O3/c1-24(11-25-17(27)12-6-2-3-7-13(12)18(25)28)10-16(26)23-15-9-5-4-8-14(15)19(20,21)22/h2-5,8-9,12-13H,6-7,10-11H2,1H3,(H,23,26)/p+1/t12-,13+. The maximum Gasteiger partial charge on any atom is 0.418 e. The number of fused-ring (bicyclic) bond motifs is 1. The van der Waals surface area contributed by atoms with Crippen molar-refractivity contribution < 1.29 is 32.5 Å². The zero-order valence-electron chi connectivity index (χ0n) is 15.3. The SMILES string of the molecule is C[NH+](CC(=O)Nc1ccccc1C(F)(F)F)CN1C(=O)[C@H]2CC=CC[C@H]2C1=O. The number of likely N-dealkylation sites (N-methyl/N-ethyl adjacent to an activating group) is 1. The molecule has 1 aromatic rings. The summed E-state index contributed by atoms with van der Waals surface area (Å²) in [5, 5.41) is 2.27. The number of hydrogen-bond donors (Lipinski definition) is 2. The Morgan fingerprint density at radius 2 is 1.71 bits per heavy atom. The van der Waals surface area contributed by atoms with Crippen LogP contribution in [-0.4, -0.2) is 42.9 Å². The Hall–Kier alpha value is -2.68. The zero-order valence-corrected chi connectivity index (χ0v) is 15.3. The third kappa shape index (κ3) is 4.09. The van der Waals surface area contributed by atoms with Crippen LogP contribution in [-0.2, 0) is 20.6 Å². The topological polar surface area (TPSA) is 70.9 Å². The van der Waals surface area contributed by atoms with E-state index in [0.29, 0.717) is 17.7 Å². The van der Waals surface area contributed by atoms with Gasteiger partial charge in [-0.1, -0.05) is 24.3 Å². The molecule has 9 heteroatoms. The lowest BCUT2D eigenvalue weighted by Gasteiger charge is -2.20. The van der Waals surface area contributed by atoms with E-state index < -0.39 is 17.6 Å². The summed E-state index contributed by atoms with van der Waals surface area (Å²) in [6.45, 7) is -0.185. The number of imide groups is 1. The molecule has 0 bridgehead atoms. The monoisotopic (exact) mass is 396 g/mol. The van der Waals surface area contributed by atoms with Crippen LogP contribution in [0.1, 0.15) is 18.4 Å². The molecule has 1 heterocycles. The predicted molar refractivity (Wildman–Crippen MR) is 93.9 cm³/mol. The van der Waals surface area contributed by atoms with Gasteiger partial charge in [-0.25, -0.2) is 4.90 Å². The first-order chi connectivity index (χ1) is 13.2. The van der Waals surface area contributed by atoms with Crippen LogP contribution < -0.4 is 10.2 Å². The van der Waals surface area contributed by atoms with Crippen molar-refractivity contribution >= 4 is 23.4 Å². The second-order valence-electron chi connectivity index (χ2n) is 7.14. The first kappa shape index (κ1) is 20.1. The van der Waals surface area contributed by atoms with Gasteiger partial charge in [0.05, 0.1) is 30.1 Å². The number of nitrogens with one attached hydrogen (secondary N) is 2. The molecular weight excluding hydrogens is 375 g/mol. The molecule has 1 aliphatic carbocycles. The van der Waals surface area contributed by atoms with Gasteiger partial charge in [0, 0.05) is 0 Å². The van der Waals surface area contributed by atoms with Gasteiger partial charge in [-0.2, -0.15) is 13.2 Å². The van der Waals surface area contributed by atoms with Crippen molar-refractivity contribution in [2.45, 2.75) is 19.0 Å². The number of para-hydroxylation sites is 1.